The van der Waals surface area contributed by atoms with Crippen molar-refractivity contribution < 1.29 is 0 Å². The summed E-state index contributed by atoms with van der Waals surface area (Å²) in [6.07, 6.45) is 5.47. The minimum Gasteiger partial charge on any atom is -0.303 e. The van der Waals surface area contributed by atoms with E-state index in [0.717, 1.165) is 12.1 Å². The van der Waals surface area contributed by atoms with Crippen LogP contribution in [0.25, 0.3) is 0 Å². The second-order valence-corrected chi connectivity index (χ2v) is 9.41. The molecule has 0 aromatic carbocycles. The molecule has 0 atom stereocenters. The van der Waals surface area contributed by atoms with Crippen LogP contribution in [0.5, 0.6) is 0 Å². The van der Waals surface area contributed by atoms with Gasteiger partial charge in [0, 0.05) is 25.2 Å². The fourth-order valence-corrected chi connectivity index (χ4v) is 3.69. The molecule has 1 saturated carbocycles. The van der Waals surface area contributed by atoms with Crippen LogP contribution in [0.3, 0.4) is 0 Å². The lowest BCUT2D eigenvalue weighted by Crippen LogP contribution is -2.45. The first-order valence-corrected chi connectivity index (χ1v) is 8.38. The van der Waals surface area contributed by atoms with E-state index in [1.165, 1.54) is 38.8 Å². The van der Waals surface area contributed by atoms with Crippen molar-refractivity contribution in [2.45, 2.75) is 79.3 Å². The summed E-state index contributed by atoms with van der Waals surface area (Å²) < 4.78 is 0. The number of nitrogens with zero attached hydrogens (tertiary/aromatic N) is 2. The molecule has 20 heavy (non-hydrogen) atoms. The summed E-state index contributed by atoms with van der Waals surface area (Å²) in [4.78, 5) is 5.19. The minimum atomic E-state index is 0.411. The molecule has 120 valence electrons. The average molecular weight is 283 g/mol. The van der Waals surface area contributed by atoms with Gasteiger partial charge in [-0.2, -0.15) is 0 Å². The lowest BCUT2D eigenvalue weighted by Gasteiger charge is -2.41. The normalized spacial score (nSPS) is 25.5. The molecule has 1 fully saturated rings. The zero-order valence-electron chi connectivity index (χ0n) is 15.3. The summed E-state index contributed by atoms with van der Waals surface area (Å²) in [5, 5.41) is 0. The molecule has 0 aromatic rings. The average Bonchev–Trinajstić information content (AvgIpc) is 2.24. The van der Waals surface area contributed by atoms with Crippen molar-refractivity contribution >= 4 is 0 Å². The molecule has 0 N–H and O–H groups in total. The van der Waals surface area contributed by atoms with E-state index in [4.69, 9.17) is 0 Å². The fourth-order valence-electron chi connectivity index (χ4n) is 3.69. The van der Waals surface area contributed by atoms with Gasteiger partial charge in [-0.25, -0.2) is 0 Å². The van der Waals surface area contributed by atoms with Gasteiger partial charge in [-0.1, -0.05) is 41.5 Å². The molecule has 0 heterocycles. The third-order valence-electron chi connectivity index (χ3n) is 4.36. The molecule has 0 spiro atoms. The minimum absolute atomic E-state index is 0.411. The van der Waals surface area contributed by atoms with Gasteiger partial charge in [-0.15, -0.1) is 0 Å². The maximum atomic E-state index is 2.60. The molecular formula is C18H38N2. The van der Waals surface area contributed by atoms with E-state index in [1.807, 2.05) is 0 Å². The third kappa shape index (κ3) is 6.58. The first-order chi connectivity index (χ1) is 8.98. The quantitative estimate of drug-likeness (QED) is 0.760. The second-order valence-electron chi connectivity index (χ2n) is 9.41. The molecule has 1 rings (SSSR count). The summed E-state index contributed by atoms with van der Waals surface area (Å²) in [5.74, 6) is 0. The lowest BCUT2D eigenvalue weighted by molar-refractivity contribution is 0.0873. The Labute approximate surface area is 127 Å². The molecule has 1 aliphatic rings. The standard InChI is InChI=1S/C18H38N2/c1-17(2,3)13-19(7)15-9-11-16(12-10-15)20(8)14-18(4,5)6/h15-16H,9-14H2,1-8H3. The lowest BCUT2D eigenvalue weighted by atomic mass is 9.86. The topological polar surface area (TPSA) is 6.48 Å². The Hall–Kier alpha value is -0.0800. The predicted molar refractivity (Wildman–Crippen MR) is 90.2 cm³/mol. The number of hydrogen-bond acceptors (Lipinski definition) is 2. The highest BCUT2D eigenvalue weighted by Gasteiger charge is 2.29. The van der Waals surface area contributed by atoms with Crippen LogP contribution in [0.15, 0.2) is 0 Å². The van der Waals surface area contributed by atoms with Gasteiger partial charge in [0.15, 0.2) is 0 Å². The smallest absolute Gasteiger partial charge is 0.00935 e. The summed E-state index contributed by atoms with van der Waals surface area (Å²) in [5.41, 5.74) is 0.823. The molecule has 2 nitrogen and oxygen atoms in total. The maximum Gasteiger partial charge on any atom is 0.00935 e. The molecule has 0 saturated heterocycles. The fraction of sp³-hybridized carbons (Fsp3) is 1.00. The van der Waals surface area contributed by atoms with Gasteiger partial charge >= 0.3 is 0 Å². The van der Waals surface area contributed by atoms with Crippen molar-refractivity contribution in [1.29, 1.82) is 0 Å². The van der Waals surface area contributed by atoms with Crippen molar-refractivity contribution in [3.8, 4) is 0 Å². The summed E-state index contributed by atoms with van der Waals surface area (Å²) >= 11 is 0. The van der Waals surface area contributed by atoms with Crippen LogP contribution in [0.2, 0.25) is 0 Å². The Kier molecular flexibility index (Phi) is 6.10. The van der Waals surface area contributed by atoms with Gasteiger partial charge in [-0.3, -0.25) is 0 Å². The van der Waals surface area contributed by atoms with Crippen LogP contribution < -0.4 is 0 Å². The van der Waals surface area contributed by atoms with E-state index in [1.54, 1.807) is 0 Å². The Balaban J connectivity index is 2.40. The van der Waals surface area contributed by atoms with Crippen LogP contribution in [0.1, 0.15) is 67.2 Å². The van der Waals surface area contributed by atoms with Crippen LogP contribution in [0.4, 0.5) is 0 Å². The van der Waals surface area contributed by atoms with Gasteiger partial charge in [0.1, 0.15) is 0 Å². The Morgan fingerprint density at radius 1 is 0.650 bits per heavy atom. The Bertz CT molecular complexity index is 247. The van der Waals surface area contributed by atoms with Crippen molar-refractivity contribution in [2.24, 2.45) is 10.8 Å². The highest BCUT2D eigenvalue weighted by molar-refractivity contribution is 4.85. The highest BCUT2D eigenvalue weighted by atomic mass is 15.2. The van der Waals surface area contributed by atoms with Gasteiger partial charge in [0.25, 0.3) is 0 Å². The highest BCUT2D eigenvalue weighted by Crippen LogP contribution is 2.28. The van der Waals surface area contributed by atoms with Crippen LogP contribution in [0, 0.1) is 10.8 Å². The summed E-state index contributed by atoms with van der Waals surface area (Å²) in [7, 11) is 4.63. The van der Waals surface area contributed by atoms with Gasteiger partial charge in [-0.05, 0) is 50.6 Å². The summed E-state index contributed by atoms with van der Waals surface area (Å²) in [6, 6.07) is 1.60. The van der Waals surface area contributed by atoms with Crippen molar-refractivity contribution in [2.75, 3.05) is 27.2 Å². The van der Waals surface area contributed by atoms with Crippen LogP contribution in [-0.4, -0.2) is 49.1 Å². The maximum absolute atomic E-state index is 2.60. The molecular weight excluding hydrogens is 244 g/mol. The predicted octanol–water partition coefficient (Wildman–Crippen LogP) is 4.25. The molecule has 0 aliphatic heterocycles. The van der Waals surface area contributed by atoms with Gasteiger partial charge < -0.3 is 9.80 Å². The van der Waals surface area contributed by atoms with E-state index in [2.05, 4.69) is 65.4 Å². The van der Waals surface area contributed by atoms with E-state index < -0.39 is 0 Å². The van der Waals surface area contributed by atoms with E-state index in [9.17, 15) is 0 Å². The Morgan fingerprint density at radius 2 is 0.900 bits per heavy atom. The first-order valence-electron chi connectivity index (χ1n) is 8.38. The second kappa shape index (κ2) is 6.79. The monoisotopic (exact) mass is 282 g/mol. The number of hydrogen-bond donors (Lipinski definition) is 0. The van der Waals surface area contributed by atoms with Crippen LogP contribution >= 0.6 is 0 Å². The van der Waals surface area contributed by atoms with Gasteiger partial charge in [0.2, 0.25) is 0 Å². The first kappa shape index (κ1) is 18.0. The molecule has 1 aliphatic carbocycles. The molecule has 0 aromatic heterocycles. The SMILES string of the molecule is CN(CC(C)(C)C)C1CCC(N(C)CC(C)(C)C)CC1. The van der Waals surface area contributed by atoms with Crippen molar-refractivity contribution in [1.82, 2.24) is 9.80 Å². The Morgan fingerprint density at radius 3 is 1.10 bits per heavy atom. The van der Waals surface area contributed by atoms with E-state index >= 15 is 0 Å². The third-order valence-corrected chi connectivity index (χ3v) is 4.36. The zero-order valence-corrected chi connectivity index (χ0v) is 15.3. The summed E-state index contributed by atoms with van der Waals surface area (Å²) in [6.45, 7) is 16.5. The van der Waals surface area contributed by atoms with Crippen molar-refractivity contribution in [3.63, 3.8) is 0 Å². The molecule has 0 radical (unpaired) electrons. The van der Waals surface area contributed by atoms with Gasteiger partial charge in [0.05, 0.1) is 0 Å². The van der Waals surface area contributed by atoms with Crippen molar-refractivity contribution in [3.05, 3.63) is 0 Å². The molecule has 0 bridgehead atoms. The zero-order chi connectivity index (χ0) is 15.6. The molecule has 2 heteroatoms. The van der Waals surface area contributed by atoms with E-state index in [0.29, 0.717) is 10.8 Å². The number of rotatable bonds is 4. The van der Waals surface area contributed by atoms with E-state index in [-0.39, 0.29) is 0 Å². The largest absolute Gasteiger partial charge is 0.303 e. The molecule has 0 amide bonds. The van der Waals surface area contributed by atoms with Crippen LogP contribution in [-0.2, 0) is 0 Å². The molecule has 0 unspecified atom stereocenters.